The van der Waals surface area contributed by atoms with E-state index >= 15 is 0 Å². The zero-order valence-electron chi connectivity index (χ0n) is 17.0. The third kappa shape index (κ3) is 5.49. The number of likely N-dealkylation sites (tertiary alicyclic amines) is 1. The van der Waals surface area contributed by atoms with Gasteiger partial charge in [0.25, 0.3) is 5.91 Å². The minimum Gasteiger partial charge on any atom is -0.489 e. The van der Waals surface area contributed by atoms with Gasteiger partial charge in [0.1, 0.15) is 12.4 Å². The molecule has 1 unspecified atom stereocenters. The van der Waals surface area contributed by atoms with Gasteiger partial charge in [-0.25, -0.2) is 0 Å². The highest BCUT2D eigenvalue weighted by Crippen LogP contribution is 2.24. The Hall–Kier alpha value is -2.04. The van der Waals surface area contributed by atoms with Crippen LogP contribution in [0.3, 0.4) is 0 Å². The zero-order chi connectivity index (χ0) is 19.4. The van der Waals surface area contributed by atoms with Crippen molar-refractivity contribution in [3.8, 4) is 5.75 Å². The highest BCUT2D eigenvalue weighted by atomic mass is 35.5. The van der Waals surface area contributed by atoms with E-state index in [1.54, 1.807) is 0 Å². The quantitative estimate of drug-likeness (QED) is 0.806. The van der Waals surface area contributed by atoms with Crippen LogP contribution >= 0.6 is 12.4 Å². The summed E-state index contributed by atoms with van der Waals surface area (Å²) in [5.74, 6) is 1.38. The lowest BCUT2D eigenvalue weighted by atomic mass is 9.87. The lowest BCUT2D eigenvalue weighted by molar-refractivity contribution is 0.0787. The monoisotopic (exact) mass is 402 g/mol. The minimum atomic E-state index is 0. The summed E-state index contributed by atoms with van der Waals surface area (Å²) in [5, 5.41) is 0. The van der Waals surface area contributed by atoms with E-state index in [1.165, 1.54) is 5.56 Å². The fourth-order valence-corrected chi connectivity index (χ4v) is 3.35. The fourth-order valence-electron chi connectivity index (χ4n) is 3.35. The summed E-state index contributed by atoms with van der Waals surface area (Å²) in [5.41, 5.74) is 8.92. The number of ether oxygens (including phenoxy) is 1. The molecule has 2 aromatic carbocycles. The van der Waals surface area contributed by atoms with Crippen LogP contribution in [0.1, 0.15) is 48.7 Å². The van der Waals surface area contributed by atoms with Gasteiger partial charge in [-0.05, 0) is 59.7 Å². The summed E-state index contributed by atoms with van der Waals surface area (Å²) in [6.45, 7) is 9.30. The smallest absolute Gasteiger partial charge is 0.253 e. The molecule has 2 aromatic rings. The Bertz CT molecular complexity index is 767. The normalized spacial score (nSPS) is 16.6. The molecule has 2 N–H and O–H groups in total. The molecule has 0 aliphatic carbocycles. The molecule has 4 nitrogen and oxygen atoms in total. The summed E-state index contributed by atoms with van der Waals surface area (Å²) in [4.78, 5) is 14.5. The second-order valence-corrected chi connectivity index (χ2v) is 8.40. The first-order valence-corrected chi connectivity index (χ1v) is 9.68. The van der Waals surface area contributed by atoms with Crippen molar-refractivity contribution >= 4 is 18.3 Å². The first-order chi connectivity index (χ1) is 12.9. The van der Waals surface area contributed by atoms with Gasteiger partial charge in [-0.2, -0.15) is 0 Å². The van der Waals surface area contributed by atoms with E-state index in [2.05, 4.69) is 32.9 Å². The van der Waals surface area contributed by atoms with Gasteiger partial charge in [-0.15, -0.1) is 12.4 Å². The Morgan fingerprint density at radius 3 is 2.29 bits per heavy atom. The van der Waals surface area contributed by atoms with Crippen molar-refractivity contribution in [1.29, 1.82) is 0 Å². The van der Waals surface area contributed by atoms with E-state index in [1.807, 2.05) is 41.3 Å². The molecule has 1 amide bonds. The fraction of sp³-hybridized carbons (Fsp3) is 0.435. The number of carbonyl (C=O) groups excluding carboxylic acids is 1. The van der Waals surface area contributed by atoms with Gasteiger partial charge in [-0.3, -0.25) is 4.79 Å². The number of rotatable bonds is 5. The number of hydrogen-bond acceptors (Lipinski definition) is 3. The van der Waals surface area contributed by atoms with Crippen molar-refractivity contribution in [3.63, 3.8) is 0 Å². The SMILES string of the molecule is CC(C)(C)c1ccc(OCc2ccc(C(=O)N3CCC(CN)C3)cc2)cc1.Cl. The van der Waals surface area contributed by atoms with Crippen molar-refractivity contribution in [1.82, 2.24) is 4.90 Å². The number of amides is 1. The van der Waals surface area contributed by atoms with E-state index in [9.17, 15) is 4.79 Å². The Kier molecular flexibility index (Phi) is 7.50. The van der Waals surface area contributed by atoms with Gasteiger partial charge in [0.2, 0.25) is 0 Å². The Balaban J connectivity index is 0.00000280. The van der Waals surface area contributed by atoms with Crippen LogP contribution in [-0.2, 0) is 12.0 Å². The number of nitrogens with two attached hydrogens (primary N) is 1. The van der Waals surface area contributed by atoms with Crippen molar-refractivity contribution in [2.45, 2.75) is 39.2 Å². The molecule has 152 valence electrons. The first kappa shape index (κ1) is 22.3. The maximum atomic E-state index is 12.6. The molecule has 1 fully saturated rings. The molecule has 0 spiro atoms. The average Bonchev–Trinajstić information content (AvgIpc) is 3.15. The number of carbonyl (C=O) groups is 1. The lowest BCUT2D eigenvalue weighted by Gasteiger charge is -2.19. The third-order valence-corrected chi connectivity index (χ3v) is 5.23. The van der Waals surface area contributed by atoms with E-state index in [0.717, 1.165) is 36.4 Å². The van der Waals surface area contributed by atoms with Gasteiger partial charge >= 0.3 is 0 Å². The van der Waals surface area contributed by atoms with Gasteiger partial charge in [-0.1, -0.05) is 45.0 Å². The molecule has 3 rings (SSSR count). The first-order valence-electron chi connectivity index (χ1n) is 9.68. The third-order valence-electron chi connectivity index (χ3n) is 5.23. The van der Waals surface area contributed by atoms with E-state index in [-0.39, 0.29) is 23.7 Å². The molecule has 1 atom stereocenters. The largest absolute Gasteiger partial charge is 0.489 e. The van der Waals surface area contributed by atoms with E-state index in [0.29, 0.717) is 19.1 Å². The van der Waals surface area contributed by atoms with Gasteiger partial charge < -0.3 is 15.4 Å². The Labute approximate surface area is 174 Å². The molecule has 5 heteroatoms. The Morgan fingerprint density at radius 2 is 1.75 bits per heavy atom. The molecular weight excluding hydrogens is 372 g/mol. The van der Waals surface area contributed by atoms with Crippen molar-refractivity contribution < 1.29 is 9.53 Å². The molecule has 0 aromatic heterocycles. The second kappa shape index (κ2) is 9.44. The standard InChI is InChI=1S/C23H30N2O2.ClH/c1-23(2,3)20-8-10-21(11-9-20)27-16-17-4-6-19(7-5-17)22(26)25-13-12-18(14-24)15-25;/h4-11,18H,12-16,24H2,1-3H3;1H. The topological polar surface area (TPSA) is 55.6 Å². The van der Waals surface area contributed by atoms with Crippen molar-refractivity contribution in [2.24, 2.45) is 11.7 Å². The molecule has 0 saturated carbocycles. The highest BCUT2D eigenvalue weighted by molar-refractivity contribution is 5.94. The summed E-state index contributed by atoms with van der Waals surface area (Å²) in [6, 6.07) is 16.0. The van der Waals surface area contributed by atoms with E-state index in [4.69, 9.17) is 10.5 Å². The number of halogens is 1. The average molecular weight is 403 g/mol. The molecule has 0 radical (unpaired) electrons. The van der Waals surface area contributed by atoms with Crippen LogP contribution in [0, 0.1) is 5.92 Å². The minimum absolute atomic E-state index is 0. The summed E-state index contributed by atoms with van der Waals surface area (Å²) in [7, 11) is 0. The summed E-state index contributed by atoms with van der Waals surface area (Å²) in [6.07, 6.45) is 1.00. The maximum absolute atomic E-state index is 12.6. The molecular formula is C23H31ClN2O2. The van der Waals surface area contributed by atoms with Crippen molar-refractivity contribution in [2.75, 3.05) is 19.6 Å². The predicted molar refractivity (Wildman–Crippen MR) is 116 cm³/mol. The van der Waals surface area contributed by atoms with Crippen LogP contribution in [0.25, 0.3) is 0 Å². The molecule has 1 aliphatic rings. The number of benzene rings is 2. The zero-order valence-corrected chi connectivity index (χ0v) is 17.8. The maximum Gasteiger partial charge on any atom is 0.253 e. The van der Waals surface area contributed by atoms with Crippen LogP contribution in [0.5, 0.6) is 5.75 Å². The van der Waals surface area contributed by atoms with Gasteiger partial charge in [0.15, 0.2) is 0 Å². The summed E-state index contributed by atoms with van der Waals surface area (Å²) < 4.78 is 5.88. The Morgan fingerprint density at radius 1 is 1.11 bits per heavy atom. The number of nitrogens with zero attached hydrogens (tertiary/aromatic N) is 1. The molecule has 1 saturated heterocycles. The van der Waals surface area contributed by atoms with E-state index < -0.39 is 0 Å². The van der Waals surface area contributed by atoms with Crippen LogP contribution in [0.2, 0.25) is 0 Å². The molecule has 1 aliphatic heterocycles. The van der Waals surface area contributed by atoms with Gasteiger partial charge in [0.05, 0.1) is 0 Å². The molecule has 0 bridgehead atoms. The highest BCUT2D eigenvalue weighted by Gasteiger charge is 2.25. The summed E-state index contributed by atoms with van der Waals surface area (Å²) >= 11 is 0. The van der Waals surface area contributed by atoms with Crippen LogP contribution in [0.15, 0.2) is 48.5 Å². The number of hydrogen-bond donors (Lipinski definition) is 1. The molecule has 1 heterocycles. The van der Waals surface area contributed by atoms with Crippen LogP contribution in [0.4, 0.5) is 0 Å². The lowest BCUT2D eigenvalue weighted by Crippen LogP contribution is -2.29. The van der Waals surface area contributed by atoms with Crippen LogP contribution < -0.4 is 10.5 Å². The van der Waals surface area contributed by atoms with Crippen molar-refractivity contribution in [3.05, 3.63) is 65.2 Å². The second-order valence-electron chi connectivity index (χ2n) is 8.40. The van der Waals surface area contributed by atoms with Crippen LogP contribution in [-0.4, -0.2) is 30.4 Å². The predicted octanol–water partition coefficient (Wildman–Crippen LogP) is 4.41. The van der Waals surface area contributed by atoms with Gasteiger partial charge in [0, 0.05) is 18.7 Å². The molecule has 28 heavy (non-hydrogen) atoms.